The van der Waals surface area contributed by atoms with Gasteiger partial charge in [-0.2, -0.15) is 0 Å². The molecule has 0 aliphatic carbocycles. The minimum absolute atomic E-state index is 0.0369. The van der Waals surface area contributed by atoms with Gasteiger partial charge in [0.05, 0.1) is 6.42 Å². The first-order chi connectivity index (χ1) is 10.1. The molecule has 0 aliphatic rings. The van der Waals surface area contributed by atoms with Crippen LogP contribution < -0.4 is 5.73 Å². The normalized spacial score (nSPS) is 12.4. The summed E-state index contributed by atoms with van der Waals surface area (Å²) in [6.45, 7) is 0. The number of carbonyl (C=O) groups is 1. The van der Waals surface area contributed by atoms with E-state index in [9.17, 15) is 4.79 Å². The van der Waals surface area contributed by atoms with Crippen LogP contribution in [0.5, 0.6) is 0 Å². The molecule has 0 fully saturated rings. The van der Waals surface area contributed by atoms with Crippen LogP contribution in [0.2, 0.25) is 0 Å². The van der Waals surface area contributed by atoms with E-state index in [2.05, 4.69) is 23.6 Å². The number of hydrogen-bond donors (Lipinski definition) is 2. The van der Waals surface area contributed by atoms with Crippen LogP contribution in [0.4, 0.5) is 0 Å². The van der Waals surface area contributed by atoms with Crippen molar-refractivity contribution in [2.45, 2.75) is 12.5 Å². The SMILES string of the molecule is NC(CC(=O)O)c1ccc(-c2ccc(-c3cccs3)s2)s1. The quantitative estimate of drug-likeness (QED) is 0.711. The molecule has 108 valence electrons. The van der Waals surface area contributed by atoms with E-state index in [4.69, 9.17) is 10.8 Å². The van der Waals surface area contributed by atoms with Gasteiger partial charge >= 0.3 is 5.97 Å². The third kappa shape index (κ3) is 3.24. The highest BCUT2D eigenvalue weighted by Crippen LogP contribution is 2.40. The van der Waals surface area contributed by atoms with E-state index >= 15 is 0 Å². The molecule has 0 bridgehead atoms. The van der Waals surface area contributed by atoms with Crippen LogP contribution in [0, 0.1) is 0 Å². The minimum Gasteiger partial charge on any atom is -0.481 e. The molecular formula is C15H13NO2S3. The lowest BCUT2D eigenvalue weighted by atomic mass is 10.2. The maximum atomic E-state index is 10.7. The van der Waals surface area contributed by atoms with Gasteiger partial charge < -0.3 is 10.8 Å². The van der Waals surface area contributed by atoms with E-state index in [-0.39, 0.29) is 6.42 Å². The smallest absolute Gasteiger partial charge is 0.305 e. The van der Waals surface area contributed by atoms with Crippen molar-refractivity contribution < 1.29 is 9.90 Å². The Bertz CT molecular complexity index is 743. The van der Waals surface area contributed by atoms with E-state index in [0.29, 0.717) is 0 Å². The van der Waals surface area contributed by atoms with Gasteiger partial charge in [-0.15, -0.1) is 34.0 Å². The molecule has 3 rings (SSSR count). The summed E-state index contributed by atoms with van der Waals surface area (Å²) in [6, 6.07) is 11.9. The molecule has 0 saturated carbocycles. The Morgan fingerprint density at radius 2 is 1.71 bits per heavy atom. The highest BCUT2D eigenvalue weighted by atomic mass is 32.1. The second-order valence-electron chi connectivity index (χ2n) is 4.55. The molecule has 3 aromatic heterocycles. The van der Waals surface area contributed by atoms with Gasteiger partial charge in [0.1, 0.15) is 0 Å². The van der Waals surface area contributed by atoms with E-state index in [1.54, 1.807) is 34.0 Å². The Labute approximate surface area is 134 Å². The predicted molar refractivity (Wildman–Crippen MR) is 90.1 cm³/mol. The number of thiophene rings is 3. The third-order valence-corrected chi connectivity index (χ3v) is 6.56. The minimum atomic E-state index is -0.867. The van der Waals surface area contributed by atoms with Crippen LogP contribution in [-0.2, 0) is 4.79 Å². The van der Waals surface area contributed by atoms with Crippen molar-refractivity contribution in [2.24, 2.45) is 5.73 Å². The van der Waals surface area contributed by atoms with Gasteiger partial charge in [0.25, 0.3) is 0 Å². The van der Waals surface area contributed by atoms with Crippen LogP contribution in [0.1, 0.15) is 17.3 Å². The summed E-state index contributed by atoms with van der Waals surface area (Å²) in [5.74, 6) is -0.867. The van der Waals surface area contributed by atoms with Crippen LogP contribution >= 0.6 is 34.0 Å². The van der Waals surface area contributed by atoms with Gasteiger partial charge in [0.2, 0.25) is 0 Å². The highest BCUT2D eigenvalue weighted by molar-refractivity contribution is 7.26. The lowest BCUT2D eigenvalue weighted by molar-refractivity contribution is -0.137. The summed E-state index contributed by atoms with van der Waals surface area (Å²) < 4.78 is 0. The first-order valence-electron chi connectivity index (χ1n) is 6.34. The van der Waals surface area contributed by atoms with Crippen molar-refractivity contribution in [3.63, 3.8) is 0 Å². The zero-order valence-corrected chi connectivity index (χ0v) is 13.4. The maximum Gasteiger partial charge on any atom is 0.305 e. The lowest BCUT2D eigenvalue weighted by Gasteiger charge is -2.04. The molecule has 21 heavy (non-hydrogen) atoms. The first kappa shape index (κ1) is 14.5. The molecule has 3 N–H and O–H groups in total. The summed E-state index contributed by atoms with van der Waals surface area (Å²) in [5, 5.41) is 10.9. The van der Waals surface area contributed by atoms with Crippen LogP contribution in [0.15, 0.2) is 41.8 Å². The number of carboxylic acid groups (broad SMARTS) is 1. The van der Waals surface area contributed by atoms with Crippen molar-refractivity contribution in [3.8, 4) is 19.5 Å². The van der Waals surface area contributed by atoms with E-state index < -0.39 is 12.0 Å². The predicted octanol–water partition coefficient (Wildman–Crippen LogP) is 4.68. The Morgan fingerprint density at radius 1 is 1.05 bits per heavy atom. The van der Waals surface area contributed by atoms with Gasteiger partial charge in [-0.05, 0) is 35.7 Å². The van der Waals surface area contributed by atoms with Crippen molar-refractivity contribution in [2.75, 3.05) is 0 Å². The zero-order valence-electron chi connectivity index (χ0n) is 11.0. The average Bonchev–Trinajstić information content (AvgIpc) is 3.18. The molecule has 3 heterocycles. The molecule has 6 heteroatoms. The second kappa shape index (κ2) is 6.11. The summed E-state index contributed by atoms with van der Waals surface area (Å²) >= 11 is 5.05. The fourth-order valence-electron chi connectivity index (χ4n) is 1.99. The fourth-order valence-corrected chi connectivity index (χ4v) is 4.93. The molecule has 0 amide bonds. The molecule has 3 nitrogen and oxygen atoms in total. The van der Waals surface area contributed by atoms with Gasteiger partial charge in [0.15, 0.2) is 0 Å². The summed E-state index contributed by atoms with van der Waals surface area (Å²) in [7, 11) is 0. The molecule has 0 aliphatic heterocycles. The van der Waals surface area contributed by atoms with E-state index in [1.165, 1.54) is 14.6 Å². The van der Waals surface area contributed by atoms with E-state index in [1.807, 2.05) is 18.2 Å². The number of aliphatic carboxylic acids is 1. The molecule has 1 atom stereocenters. The van der Waals surface area contributed by atoms with Crippen molar-refractivity contribution in [1.29, 1.82) is 0 Å². The van der Waals surface area contributed by atoms with Crippen LogP contribution in [-0.4, -0.2) is 11.1 Å². The van der Waals surface area contributed by atoms with Crippen molar-refractivity contribution in [1.82, 2.24) is 0 Å². The highest BCUT2D eigenvalue weighted by Gasteiger charge is 2.14. The summed E-state index contributed by atoms with van der Waals surface area (Å²) in [5.41, 5.74) is 5.90. The zero-order chi connectivity index (χ0) is 14.8. The largest absolute Gasteiger partial charge is 0.481 e. The molecule has 3 aromatic rings. The standard InChI is InChI=1S/C15H13NO2S3/c16-9(8-15(17)18)10-3-4-13(20-10)14-6-5-12(21-14)11-2-1-7-19-11/h1-7,9H,8,16H2,(H,17,18). The Balaban J connectivity index is 1.82. The molecule has 0 saturated heterocycles. The average molecular weight is 335 g/mol. The number of nitrogens with two attached hydrogens (primary N) is 1. The topological polar surface area (TPSA) is 63.3 Å². The Kier molecular flexibility index (Phi) is 4.21. The Hall–Kier alpha value is -1.47. The molecular weight excluding hydrogens is 322 g/mol. The second-order valence-corrected chi connectivity index (χ2v) is 7.69. The van der Waals surface area contributed by atoms with Gasteiger partial charge in [-0.25, -0.2) is 0 Å². The molecule has 0 spiro atoms. The van der Waals surface area contributed by atoms with E-state index in [0.717, 1.165) is 9.75 Å². The fraction of sp³-hybridized carbons (Fsp3) is 0.133. The third-order valence-electron chi connectivity index (χ3n) is 3.00. The summed E-state index contributed by atoms with van der Waals surface area (Å²) in [4.78, 5) is 16.5. The lowest BCUT2D eigenvalue weighted by Crippen LogP contribution is -2.13. The van der Waals surface area contributed by atoms with Crippen LogP contribution in [0.3, 0.4) is 0 Å². The van der Waals surface area contributed by atoms with Crippen molar-refractivity contribution in [3.05, 3.63) is 46.7 Å². The number of rotatable bonds is 5. The molecule has 0 aromatic carbocycles. The van der Waals surface area contributed by atoms with Gasteiger partial charge in [-0.3, -0.25) is 4.79 Å². The number of carboxylic acids is 1. The van der Waals surface area contributed by atoms with Gasteiger partial charge in [-0.1, -0.05) is 6.07 Å². The molecule has 1 unspecified atom stereocenters. The molecule has 0 radical (unpaired) electrons. The maximum absolute atomic E-state index is 10.7. The Morgan fingerprint density at radius 3 is 2.38 bits per heavy atom. The van der Waals surface area contributed by atoms with Gasteiger partial charge in [0, 0.05) is 30.4 Å². The summed E-state index contributed by atoms with van der Waals surface area (Å²) in [6.07, 6.45) is -0.0369. The van der Waals surface area contributed by atoms with Crippen molar-refractivity contribution >= 4 is 40.0 Å². The number of hydrogen-bond acceptors (Lipinski definition) is 5. The van der Waals surface area contributed by atoms with Crippen LogP contribution in [0.25, 0.3) is 19.5 Å². The monoisotopic (exact) mass is 335 g/mol. The first-order valence-corrected chi connectivity index (χ1v) is 8.86.